The number of hydrogen-bond donors (Lipinski definition) is 1. The Morgan fingerprint density at radius 1 is 1.60 bits per heavy atom. The molecular formula is C12H19NO2. The predicted molar refractivity (Wildman–Crippen MR) is 58.7 cm³/mol. The molecule has 0 saturated carbocycles. The summed E-state index contributed by atoms with van der Waals surface area (Å²) in [5, 5.41) is 3.58. The lowest BCUT2D eigenvalue weighted by molar-refractivity contribution is 0.0649. The largest absolute Gasteiger partial charge is 0.472 e. The summed E-state index contributed by atoms with van der Waals surface area (Å²) in [7, 11) is 0. The molecule has 2 atom stereocenters. The Morgan fingerprint density at radius 2 is 2.47 bits per heavy atom. The molecule has 84 valence electrons. The molecule has 0 radical (unpaired) electrons. The average Bonchev–Trinajstić information content (AvgIpc) is 2.70. The van der Waals surface area contributed by atoms with Crippen molar-refractivity contribution >= 4 is 0 Å². The molecule has 0 aliphatic carbocycles. The van der Waals surface area contributed by atoms with Gasteiger partial charge in [0.25, 0.3) is 0 Å². The van der Waals surface area contributed by atoms with Crippen LogP contribution in [-0.2, 0) is 4.74 Å². The van der Waals surface area contributed by atoms with Crippen molar-refractivity contribution in [3.8, 4) is 0 Å². The third-order valence-corrected chi connectivity index (χ3v) is 3.38. The maximum Gasteiger partial charge on any atom is 0.0980 e. The van der Waals surface area contributed by atoms with Gasteiger partial charge in [-0.15, -0.1) is 0 Å². The molecule has 1 fully saturated rings. The highest BCUT2D eigenvalue weighted by molar-refractivity contribution is 5.11. The fourth-order valence-electron chi connectivity index (χ4n) is 1.89. The Bertz CT molecular complexity index is 297. The lowest BCUT2D eigenvalue weighted by atomic mass is 9.95. The molecule has 2 rings (SSSR count). The van der Waals surface area contributed by atoms with Gasteiger partial charge in [-0.1, -0.05) is 6.92 Å². The van der Waals surface area contributed by atoms with Gasteiger partial charge in [-0.2, -0.15) is 0 Å². The van der Waals surface area contributed by atoms with Crippen LogP contribution in [0.4, 0.5) is 0 Å². The first-order chi connectivity index (χ1) is 7.23. The number of furan rings is 1. The fraction of sp³-hybridized carbons (Fsp3) is 0.667. The van der Waals surface area contributed by atoms with E-state index in [1.807, 2.05) is 6.07 Å². The number of rotatable bonds is 2. The molecule has 1 aromatic rings. The summed E-state index contributed by atoms with van der Waals surface area (Å²) >= 11 is 0. The first kappa shape index (κ1) is 10.7. The van der Waals surface area contributed by atoms with Gasteiger partial charge < -0.3 is 14.5 Å². The molecule has 3 nitrogen and oxygen atoms in total. The monoisotopic (exact) mass is 209 g/mol. The Labute approximate surface area is 90.8 Å². The summed E-state index contributed by atoms with van der Waals surface area (Å²) in [6.07, 6.45) is 5.80. The third-order valence-electron chi connectivity index (χ3n) is 3.38. The molecule has 0 bridgehead atoms. The van der Waals surface area contributed by atoms with Gasteiger partial charge in [-0.05, 0) is 25.8 Å². The second kappa shape index (κ2) is 4.37. The lowest BCUT2D eigenvalue weighted by Gasteiger charge is -2.27. The molecule has 15 heavy (non-hydrogen) atoms. The van der Waals surface area contributed by atoms with Gasteiger partial charge in [-0.3, -0.25) is 0 Å². The van der Waals surface area contributed by atoms with Crippen molar-refractivity contribution in [3.05, 3.63) is 24.2 Å². The minimum absolute atomic E-state index is 0.136. The van der Waals surface area contributed by atoms with Crippen LogP contribution in [0.15, 0.2) is 23.0 Å². The van der Waals surface area contributed by atoms with Crippen molar-refractivity contribution in [2.75, 3.05) is 13.2 Å². The zero-order valence-electron chi connectivity index (χ0n) is 9.45. The zero-order valence-corrected chi connectivity index (χ0v) is 9.45. The molecule has 2 heterocycles. The predicted octanol–water partition coefficient (Wildman–Crippen LogP) is 2.50. The summed E-state index contributed by atoms with van der Waals surface area (Å²) < 4.78 is 10.9. The van der Waals surface area contributed by atoms with Crippen LogP contribution in [0, 0.1) is 0 Å². The molecule has 1 aromatic heterocycles. The standard InChI is InChI=1S/C12H19NO2/c1-3-12(2)5-7-15-11(8-13-12)10-4-6-14-9-10/h4,6,9,11,13H,3,5,7-8H2,1-2H3. The molecule has 0 spiro atoms. The van der Waals surface area contributed by atoms with Gasteiger partial charge in [0.05, 0.1) is 18.6 Å². The first-order valence-electron chi connectivity index (χ1n) is 5.62. The van der Waals surface area contributed by atoms with E-state index in [4.69, 9.17) is 9.15 Å². The minimum Gasteiger partial charge on any atom is -0.472 e. The van der Waals surface area contributed by atoms with Gasteiger partial charge in [0, 0.05) is 24.3 Å². The second-order valence-corrected chi connectivity index (χ2v) is 4.46. The highest BCUT2D eigenvalue weighted by Gasteiger charge is 2.27. The molecule has 1 aliphatic rings. The van der Waals surface area contributed by atoms with Crippen molar-refractivity contribution in [2.45, 2.75) is 38.3 Å². The molecule has 1 aliphatic heterocycles. The van der Waals surface area contributed by atoms with Gasteiger partial charge >= 0.3 is 0 Å². The van der Waals surface area contributed by atoms with Crippen molar-refractivity contribution in [1.82, 2.24) is 5.32 Å². The maximum absolute atomic E-state index is 5.82. The molecule has 0 amide bonds. The van der Waals surface area contributed by atoms with Gasteiger partial charge in [0.1, 0.15) is 0 Å². The highest BCUT2D eigenvalue weighted by Crippen LogP contribution is 2.25. The van der Waals surface area contributed by atoms with Crippen LogP contribution in [-0.4, -0.2) is 18.7 Å². The quantitative estimate of drug-likeness (QED) is 0.812. The average molecular weight is 209 g/mol. The second-order valence-electron chi connectivity index (χ2n) is 4.46. The number of nitrogens with one attached hydrogen (secondary N) is 1. The van der Waals surface area contributed by atoms with Crippen LogP contribution in [0.25, 0.3) is 0 Å². The topological polar surface area (TPSA) is 34.4 Å². The number of hydrogen-bond acceptors (Lipinski definition) is 3. The first-order valence-corrected chi connectivity index (χ1v) is 5.62. The number of ether oxygens (including phenoxy) is 1. The van der Waals surface area contributed by atoms with E-state index in [9.17, 15) is 0 Å². The van der Waals surface area contributed by atoms with E-state index in [1.165, 1.54) is 0 Å². The molecule has 1 N–H and O–H groups in total. The van der Waals surface area contributed by atoms with Crippen molar-refractivity contribution in [3.63, 3.8) is 0 Å². The van der Waals surface area contributed by atoms with Crippen molar-refractivity contribution in [2.24, 2.45) is 0 Å². The Balaban J connectivity index is 2.02. The van der Waals surface area contributed by atoms with E-state index in [0.29, 0.717) is 0 Å². The SMILES string of the molecule is CCC1(C)CCOC(c2ccoc2)CN1. The summed E-state index contributed by atoms with van der Waals surface area (Å²) in [6.45, 7) is 6.15. The van der Waals surface area contributed by atoms with Crippen LogP contribution >= 0.6 is 0 Å². The fourth-order valence-corrected chi connectivity index (χ4v) is 1.89. The summed E-state index contributed by atoms with van der Waals surface area (Å²) in [6, 6.07) is 1.97. The molecule has 1 saturated heterocycles. The molecule has 2 unspecified atom stereocenters. The van der Waals surface area contributed by atoms with Gasteiger partial charge in [0.2, 0.25) is 0 Å². The Hall–Kier alpha value is -0.800. The van der Waals surface area contributed by atoms with E-state index in [2.05, 4.69) is 19.2 Å². The van der Waals surface area contributed by atoms with E-state index >= 15 is 0 Å². The van der Waals surface area contributed by atoms with Crippen LogP contribution < -0.4 is 5.32 Å². The minimum atomic E-state index is 0.136. The Kier molecular flexibility index (Phi) is 3.12. The van der Waals surface area contributed by atoms with Crippen LogP contribution in [0.1, 0.15) is 38.4 Å². The zero-order chi connectivity index (χ0) is 10.7. The lowest BCUT2D eigenvalue weighted by Crippen LogP contribution is -2.42. The van der Waals surface area contributed by atoms with Gasteiger partial charge in [-0.25, -0.2) is 0 Å². The summed E-state index contributed by atoms with van der Waals surface area (Å²) in [5.74, 6) is 0. The molecule has 0 aromatic carbocycles. The highest BCUT2D eigenvalue weighted by atomic mass is 16.5. The van der Waals surface area contributed by atoms with E-state index in [0.717, 1.165) is 31.6 Å². The van der Waals surface area contributed by atoms with Crippen molar-refractivity contribution in [1.29, 1.82) is 0 Å². The van der Waals surface area contributed by atoms with Crippen LogP contribution in [0.2, 0.25) is 0 Å². The smallest absolute Gasteiger partial charge is 0.0980 e. The third kappa shape index (κ3) is 2.41. The summed E-state index contributed by atoms with van der Waals surface area (Å²) in [4.78, 5) is 0. The van der Waals surface area contributed by atoms with Crippen molar-refractivity contribution < 1.29 is 9.15 Å². The maximum atomic E-state index is 5.82. The van der Waals surface area contributed by atoms with E-state index in [-0.39, 0.29) is 11.6 Å². The Morgan fingerprint density at radius 3 is 3.13 bits per heavy atom. The van der Waals surface area contributed by atoms with Gasteiger partial charge in [0.15, 0.2) is 0 Å². The van der Waals surface area contributed by atoms with E-state index in [1.54, 1.807) is 12.5 Å². The normalized spacial score (nSPS) is 32.5. The molecular weight excluding hydrogens is 190 g/mol. The van der Waals surface area contributed by atoms with Crippen LogP contribution in [0.5, 0.6) is 0 Å². The van der Waals surface area contributed by atoms with E-state index < -0.39 is 0 Å². The summed E-state index contributed by atoms with van der Waals surface area (Å²) in [5.41, 5.74) is 1.35. The van der Waals surface area contributed by atoms with Crippen LogP contribution in [0.3, 0.4) is 0 Å². The molecule has 3 heteroatoms.